The van der Waals surface area contributed by atoms with Crippen LogP contribution in [0.1, 0.15) is 31.9 Å². The molecule has 1 N–H and O–H groups in total. The maximum absolute atomic E-state index is 5.91. The second-order valence-corrected chi connectivity index (χ2v) is 4.81. The molecule has 1 aliphatic heterocycles. The first-order valence-corrected chi connectivity index (χ1v) is 6.26. The van der Waals surface area contributed by atoms with Crippen LogP contribution in [0.15, 0.2) is 0 Å². The van der Waals surface area contributed by atoms with Gasteiger partial charge in [0.1, 0.15) is 0 Å². The summed E-state index contributed by atoms with van der Waals surface area (Å²) in [6.45, 7) is 5.13. The van der Waals surface area contributed by atoms with Crippen molar-refractivity contribution in [3.8, 4) is 0 Å². The fourth-order valence-electron chi connectivity index (χ4n) is 2.15. The molecule has 0 amide bonds. The van der Waals surface area contributed by atoms with Crippen LogP contribution in [0.2, 0.25) is 5.28 Å². The van der Waals surface area contributed by atoms with Crippen molar-refractivity contribution >= 4 is 17.4 Å². The molecule has 0 aromatic carbocycles. The van der Waals surface area contributed by atoms with Gasteiger partial charge in [0.05, 0.1) is 12.4 Å². The molecular formula is C11H19ClN4. The lowest BCUT2D eigenvalue weighted by atomic mass is 10.2. The third-order valence-electron chi connectivity index (χ3n) is 2.90. The molecule has 16 heavy (non-hydrogen) atoms. The summed E-state index contributed by atoms with van der Waals surface area (Å²) < 4.78 is 0. The first-order chi connectivity index (χ1) is 7.70. The fourth-order valence-corrected chi connectivity index (χ4v) is 2.34. The number of aromatic nitrogens is 2. The zero-order chi connectivity index (χ0) is 11.5. The van der Waals surface area contributed by atoms with Crippen LogP contribution < -0.4 is 4.90 Å². The number of hydrogen-bond donors (Lipinski definition) is 1. The predicted molar refractivity (Wildman–Crippen MR) is 66.8 cm³/mol. The zero-order valence-electron chi connectivity index (χ0n) is 9.96. The van der Waals surface area contributed by atoms with Crippen LogP contribution in [-0.4, -0.2) is 35.1 Å². The highest BCUT2D eigenvalue weighted by atomic mass is 35.5. The van der Waals surface area contributed by atoms with Gasteiger partial charge in [-0.1, -0.05) is 19.8 Å². The number of imidazole rings is 1. The van der Waals surface area contributed by atoms with Crippen LogP contribution in [0.5, 0.6) is 0 Å². The van der Waals surface area contributed by atoms with E-state index in [-0.39, 0.29) is 0 Å². The van der Waals surface area contributed by atoms with Gasteiger partial charge in [0.15, 0.2) is 5.82 Å². The Labute approximate surface area is 102 Å². The lowest BCUT2D eigenvalue weighted by molar-refractivity contribution is 0.303. The summed E-state index contributed by atoms with van der Waals surface area (Å²) in [5, 5.41) is 0.501. The van der Waals surface area contributed by atoms with Crippen LogP contribution >= 0.6 is 11.6 Å². The van der Waals surface area contributed by atoms with E-state index in [0.29, 0.717) is 5.28 Å². The van der Waals surface area contributed by atoms with Gasteiger partial charge < -0.3 is 9.88 Å². The molecule has 0 saturated carbocycles. The van der Waals surface area contributed by atoms with E-state index in [2.05, 4.69) is 33.7 Å². The van der Waals surface area contributed by atoms with Crippen molar-refractivity contribution in [2.75, 3.05) is 25.2 Å². The van der Waals surface area contributed by atoms with Crippen molar-refractivity contribution in [3.05, 3.63) is 11.0 Å². The molecule has 0 radical (unpaired) electrons. The molecule has 4 nitrogen and oxygen atoms in total. The van der Waals surface area contributed by atoms with Gasteiger partial charge in [-0.05, 0) is 25.1 Å². The Morgan fingerprint density at radius 3 is 3.00 bits per heavy atom. The summed E-state index contributed by atoms with van der Waals surface area (Å²) in [5.41, 5.74) is 1.13. The smallest absolute Gasteiger partial charge is 0.202 e. The normalized spacial score (nSPS) is 16.6. The summed E-state index contributed by atoms with van der Waals surface area (Å²) in [6.07, 6.45) is 3.74. The number of hydrogen-bond acceptors (Lipinski definition) is 3. The number of nitrogens with one attached hydrogen (secondary N) is 1. The highest BCUT2D eigenvalue weighted by Gasteiger charge is 2.23. The molecule has 2 rings (SSSR count). The molecular weight excluding hydrogens is 224 g/mol. The molecule has 0 spiro atoms. The van der Waals surface area contributed by atoms with Crippen LogP contribution in [-0.2, 0) is 6.54 Å². The number of H-pyrrole nitrogens is 1. The molecule has 0 saturated heterocycles. The SMILES string of the molecule is CCCCCN1CN(C)Cc2[nH]c(Cl)nc21. The van der Waals surface area contributed by atoms with Crippen molar-refractivity contribution in [1.82, 2.24) is 14.9 Å². The number of nitrogens with zero attached hydrogens (tertiary/aromatic N) is 3. The minimum absolute atomic E-state index is 0.501. The van der Waals surface area contributed by atoms with E-state index in [1.807, 2.05) is 0 Å². The Balaban J connectivity index is 2.07. The summed E-state index contributed by atoms with van der Waals surface area (Å²) in [7, 11) is 2.12. The number of anilines is 1. The summed E-state index contributed by atoms with van der Waals surface area (Å²) in [5.74, 6) is 1.04. The lowest BCUT2D eigenvalue weighted by Gasteiger charge is -2.33. The lowest BCUT2D eigenvalue weighted by Crippen LogP contribution is -2.40. The number of fused-ring (bicyclic) bond motifs is 1. The molecule has 2 heterocycles. The minimum Gasteiger partial charge on any atom is -0.342 e. The van der Waals surface area contributed by atoms with Crippen molar-refractivity contribution < 1.29 is 0 Å². The Hall–Kier alpha value is -0.740. The quantitative estimate of drug-likeness (QED) is 0.824. The Kier molecular flexibility index (Phi) is 3.71. The van der Waals surface area contributed by atoms with Gasteiger partial charge in [-0.3, -0.25) is 4.90 Å². The van der Waals surface area contributed by atoms with E-state index in [1.165, 1.54) is 19.3 Å². The average molecular weight is 243 g/mol. The van der Waals surface area contributed by atoms with E-state index in [1.54, 1.807) is 0 Å². The summed E-state index contributed by atoms with van der Waals surface area (Å²) in [4.78, 5) is 12.0. The van der Waals surface area contributed by atoms with Crippen LogP contribution in [0.25, 0.3) is 0 Å². The van der Waals surface area contributed by atoms with Crippen LogP contribution in [0, 0.1) is 0 Å². The van der Waals surface area contributed by atoms with Crippen molar-refractivity contribution in [2.24, 2.45) is 0 Å². The van der Waals surface area contributed by atoms with E-state index >= 15 is 0 Å². The van der Waals surface area contributed by atoms with E-state index in [0.717, 1.165) is 31.3 Å². The molecule has 0 bridgehead atoms. The van der Waals surface area contributed by atoms with Gasteiger partial charge >= 0.3 is 0 Å². The first-order valence-electron chi connectivity index (χ1n) is 5.88. The number of rotatable bonds is 4. The standard InChI is InChI=1S/C11H19ClN4/c1-3-4-5-6-16-8-15(2)7-9-10(16)14-11(12)13-9/h3-8H2,1-2H3,(H,13,14). The van der Waals surface area contributed by atoms with E-state index < -0.39 is 0 Å². The van der Waals surface area contributed by atoms with Crippen molar-refractivity contribution in [2.45, 2.75) is 32.7 Å². The third-order valence-corrected chi connectivity index (χ3v) is 3.08. The zero-order valence-corrected chi connectivity index (χ0v) is 10.7. The van der Waals surface area contributed by atoms with Crippen LogP contribution in [0.4, 0.5) is 5.82 Å². The molecule has 0 fully saturated rings. The highest BCUT2D eigenvalue weighted by Crippen LogP contribution is 2.26. The predicted octanol–water partition coefficient (Wildman–Crippen LogP) is 2.46. The maximum Gasteiger partial charge on any atom is 0.202 e. The third kappa shape index (κ3) is 2.50. The minimum atomic E-state index is 0.501. The van der Waals surface area contributed by atoms with Gasteiger partial charge in [0.2, 0.25) is 5.28 Å². The molecule has 0 aliphatic carbocycles. The summed E-state index contributed by atoms with van der Waals surface area (Å²) in [6, 6.07) is 0. The molecule has 5 heteroatoms. The highest BCUT2D eigenvalue weighted by molar-refractivity contribution is 6.28. The monoisotopic (exact) mass is 242 g/mol. The average Bonchev–Trinajstić information content (AvgIpc) is 2.58. The van der Waals surface area contributed by atoms with Gasteiger partial charge in [-0.25, -0.2) is 4.98 Å². The van der Waals surface area contributed by atoms with Crippen molar-refractivity contribution in [3.63, 3.8) is 0 Å². The number of halogens is 1. The second-order valence-electron chi connectivity index (χ2n) is 4.46. The molecule has 1 aliphatic rings. The largest absolute Gasteiger partial charge is 0.342 e. The molecule has 0 unspecified atom stereocenters. The maximum atomic E-state index is 5.91. The van der Waals surface area contributed by atoms with E-state index in [9.17, 15) is 0 Å². The van der Waals surface area contributed by atoms with Gasteiger partial charge in [0, 0.05) is 13.1 Å². The Bertz CT molecular complexity index is 350. The Morgan fingerprint density at radius 1 is 1.44 bits per heavy atom. The van der Waals surface area contributed by atoms with Crippen LogP contribution in [0.3, 0.4) is 0 Å². The summed E-state index contributed by atoms with van der Waals surface area (Å²) >= 11 is 5.91. The van der Waals surface area contributed by atoms with Gasteiger partial charge in [0.25, 0.3) is 0 Å². The topological polar surface area (TPSA) is 35.2 Å². The van der Waals surface area contributed by atoms with Gasteiger partial charge in [-0.15, -0.1) is 0 Å². The first kappa shape index (κ1) is 11.7. The van der Waals surface area contributed by atoms with E-state index in [4.69, 9.17) is 11.6 Å². The fraction of sp³-hybridized carbons (Fsp3) is 0.727. The molecule has 1 aromatic rings. The molecule has 90 valence electrons. The second kappa shape index (κ2) is 5.06. The number of unbranched alkanes of at least 4 members (excludes halogenated alkanes) is 2. The molecule has 0 atom stereocenters. The Morgan fingerprint density at radius 2 is 2.25 bits per heavy atom. The number of aromatic amines is 1. The molecule has 1 aromatic heterocycles. The van der Waals surface area contributed by atoms with Crippen molar-refractivity contribution in [1.29, 1.82) is 0 Å². The van der Waals surface area contributed by atoms with Gasteiger partial charge in [-0.2, -0.15) is 0 Å².